The molecule has 47 heavy (non-hydrogen) atoms. The van der Waals surface area contributed by atoms with Crippen molar-refractivity contribution in [3.05, 3.63) is 186 Å². The van der Waals surface area contributed by atoms with Gasteiger partial charge >= 0.3 is 0 Å². The third kappa shape index (κ3) is 3.47. The fraction of sp³-hybridized carbons (Fsp3) is 0.0227. The van der Waals surface area contributed by atoms with E-state index in [2.05, 4.69) is 163 Å². The maximum atomic E-state index is 8.55. The molecule has 10 rings (SSSR count). The quantitative estimate of drug-likeness (QED) is 0.196. The van der Waals surface area contributed by atoms with Gasteiger partial charge in [-0.3, -0.25) is 0 Å². The summed E-state index contributed by atoms with van der Waals surface area (Å²) in [5, 5.41) is 11.2. The van der Waals surface area contributed by atoms with Crippen LogP contribution in [0.3, 0.4) is 0 Å². The van der Waals surface area contributed by atoms with E-state index in [0.29, 0.717) is 0 Å². The van der Waals surface area contributed by atoms with Crippen molar-refractivity contribution in [1.29, 1.82) is 5.41 Å². The van der Waals surface area contributed by atoms with Gasteiger partial charge in [0, 0.05) is 37.6 Å². The molecule has 2 heterocycles. The first kappa shape index (κ1) is 26.4. The molecule has 0 saturated carbocycles. The molecule has 0 bridgehead atoms. The molecule has 0 saturated heterocycles. The highest BCUT2D eigenvalue weighted by Gasteiger charge is 2.52. The standard InChI is InChI=1S/C44H28N2S/c45-27-29-12-10-19-37-42(29)33-26-28(31-16-11-23-41-43(31)32-15-4-9-22-40(32)47-41)24-25-34(33)44(37)35-17-5-7-20-38(35)46(30-13-2-1-3-14-30)39-21-8-6-18-36(39)44/h1-27,45H. The van der Waals surface area contributed by atoms with Crippen molar-refractivity contribution in [2.75, 3.05) is 4.90 Å². The Balaban J connectivity index is 1.31. The van der Waals surface area contributed by atoms with Crippen molar-refractivity contribution in [2.24, 2.45) is 0 Å². The van der Waals surface area contributed by atoms with Crippen molar-refractivity contribution < 1.29 is 0 Å². The maximum Gasteiger partial charge on any atom is 0.0754 e. The molecule has 0 amide bonds. The van der Waals surface area contributed by atoms with Gasteiger partial charge < -0.3 is 10.3 Å². The molecule has 0 fully saturated rings. The van der Waals surface area contributed by atoms with Crippen LogP contribution in [0.4, 0.5) is 17.1 Å². The van der Waals surface area contributed by atoms with Crippen molar-refractivity contribution in [2.45, 2.75) is 5.41 Å². The highest BCUT2D eigenvalue weighted by molar-refractivity contribution is 7.25. The van der Waals surface area contributed by atoms with Gasteiger partial charge in [-0.05, 0) is 87.0 Å². The summed E-state index contributed by atoms with van der Waals surface area (Å²) in [4.78, 5) is 2.41. The van der Waals surface area contributed by atoms with E-state index in [1.807, 2.05) is 11.3 Å². The van der Waals surface area contributed by atoms with E-state index >= 15 is 0 Å². The van der Waals surface area contributed by atoms with Crippen molar-refractivity contribution in [3.63, 3.8) is 0 Å². The molecule has 7 aromatic carbocycles. The Bertz CT molecular complexity index is 2510. The van der Waals surface area contributed by atoms with Crippen molar-refractivity contribution in [3.8, 4) is 22.3 Å². The Morgan fingerprint density at radius 1 is 0.532 bits per heavy atom. The largest absolute Gasteiger partial charge is 0.310 e. The fourth-order valence-corrected chi connectivity index (χ4v) is 9.52. The van der Waals surface area contributed by atoms with Gasteiger partial charge in [0.05, 0.1) is 16.8 Å². The van der Waals surface area contributed by atoms with Crippen LogP contribution in [0, 0.1) is 5.41 Å². The summed E-state index contributed by atoms with van der Waals surface area (Å²) in [6.07, 6.45) is 1.53. The Labute approximate surface area is 277 Å². The van der Waals surface area contributed by atoms with E-state index in [-0.39, 0.29) is 0 Å². The minimum Gasteiger partial charge on any atom is -0.310 e. The van der Waals surface area contributed by atoms with Crippen LogP contribution in [0.5, 0.6) is 0 Å². The second kappa shape index (κ2) is 9.86. The number of hydrogen-bond donors (Lipinski definition) is 1. The second-order valence-electron chi connectivity index (χ2n) is 12.4. The predicted molar refractivity (Wildman–Crippen MR) is 198 cm³/mol. The molecular weight excluding hydrogens is 589 g/mol. The molecule has 0 atom stereocenters. The molecule has 8 aromatic rings. The lowest BCUT2D eigenvalue weighted by atomic mass is 9.64. The summed E-state index contributed by atoms with van der Waals surface area (Å²) >= 11 is 1.86. The number of anilines is 3. The maximum absolute atomic E-state index is 8.55. The Hall–Kier alpha value is -5.77. The van der Waals surface area contributed by atoms with Gasteiger partial charge in [0.25, 0.3) is 0 Å². The first-order valence-electron chi connectivity index (χ1n) is 16.0. The van der Waals surface area contributed by atoms with E-state index in [9.17, 15) is 0 Å². The molecular formula is C44H28N2S. The van der Waals surface area contributed by atoms with Gasteiger partial charge in [0.1, 0.15) is 0 Å². The molecule has 0 unspecified atom stereocenters. The lowest BCUT2D eigenvalue weighted by molar-refractivity contribution is 0.752. The number of benzene rings is 7. The van der Waals surface area contributed by atoms with Gasteiger partial charge in [0.15, 0.2) is 0 Å². The number of nitrogens with zero attached hydrogens (tertiary/aromatic N) is 1. The molecule has 2 aliphatic rings. The molecule has 3 heteroatoms. The van der Waals surface area contributed by atoms with Gasteiger partial charge in [0.2, 0.25) is 0 Å². The Morgan fingerprint density at radius 2 is 1.19 bits per heavy atom. The zero-order chi connectivity index (χ0) is 31.1. The molecule has 1 N–H and O–H groups in total. The van der Waals surface area contributed by atoms with Crippen LogP contribution in [-0.2, 0) is 5.41 Å². The van der Waals surface area contributed by atoms with Crippen LogP contribution in [0.2, 0.25) is 0 Å². The number of rotatable bonds is 3. The molecule has 1 aromatic heterocycles. The average Bonchev–Trinajstić information content (AvgIpc) is 3.66. The van der Waals surface area contributed by atoms with Crippen LogP contribution in [0.25, 0.3) is 42.4 Å². The second-order valence-corrected chi connectivity index (χ2v) is 13.5. The van der Waals surface area contributed by atoms with Gasteiger partial charge in [-0.1, -0.05) is 115 Å². The van der Waals surface area contributed by atoms with E-state index in [1.165, 1.54) is 76.7 Å². The number of para-hydroxylation sites is 3. The lowest BCUT2D eigenvalue weighted by Crippen LogP contribution is -2.36. The number of thiophene rings is 1. The van der Waals surface area contributed by atoms with Gasteiger partial charge in [-0.2, -0.15) is 0 Å². The zero-order valence-electron chi connectivity index (χ0n) is 25.4. The summed E-state index contributed by atoms with van der Waals surface area (Å²) in [5.74, 6) is 0. The molecule has 0 radical (unpaired) electrons. The monoisotopic (exact) mass is 616 g/mol. The SMILES string of the molecule is N=Cc1cccc2c1-c1cc(-c3cccc4sc5ccccc5c34)ccc1C21c2ccccc2N(c2ccccc2)c2ccccc21. The van der Waals surface area contributed by atoms with Crippen LogP contribution in [0.15, 0.2) is 158 Å². The van der Waals surface area contributed by atoms with Crippen molar-refractivity contribution >= 4 is 54.8 Å². The predicted octanol–water partition coefficient (Wildman–Crippen LogP) is 11.9. The van der Waals surface area contributed by atoms with E-state index < -0.39 is 5.41 Å². The third-order valence-electron chi connectivity index (χ3n) is 10.2. The first-order chi connectivity index (χ1) is 23.3. The van der Waals surface area contributed by atoms with Crippen LogP contribution < -0.4 is 4.90 Å². The summed E-state index contributed by atoms with van der Waals surface area (Å²) in [6, 6.07) is 57.5. The van der Waals surface area contributed by atoms with Crippen LogP contribution >= 0.6 is 11.3 Å². The minimum absolute atomic E-state index is 0.540. The first-order valence-corrected chi connectivity index (χ1v) is 16.8. The zero-order valence-corrected chi connectivity index (χ0v) is 26.3. The highest BCUT2D eigenvalue weighted by Crippen LogP contribution is 2.64. The number of nitrogens with one attached hydrogen (secondary N) is 1. The topological polar surface area (TPSA) is 27.1 Å². The Morgan fingerprint density at radius 3 is 1.98 bits per heavy atom. The van der Waals surface area contributed by atoms with Crippen LogP contribution in [0.1, 0.15) is 27.8 Å². The normalized spacial score (nSPS) is 13.7. The fourth-order valence-electron chi connectivity index (χ4n) is 8.39. The molecule has 2 nitrogen and oxygen atoms in total. The van der Waals surface area contributed by atoms with Crippen molar-refractivity contribution in [1.82, 2.24) is 0 Å². The third-order valence-corrected chi connectivity index (χ3v) is 11.3. The summed E-state index contributed by atoms with van der Waals surface area (Å²) < 4.78 is 2.61. The summed E-state index contributed by atoms with van der Waals surface area (Å²) in [6.45, 7) is 0. The number of fused-ring (bicyclic) bond motifs is 12. The highest BCUT2D eigenvalue weighted by atomic mass is 32.1. The van der Waals surface area contributed by atoms with E-state index in [4.69, 9.17) is 5.41 Å². The molecule has 1 aliphatic heterocycles. The molecule has 1 spiro atoms. The number of hydrogen-bond acceptors (Lipinski definition) is 3. The van der Waals surface area contributed by atoms with E-state index in [0.717, 1.165) is 16.8 Å². The lowest BCUT2D eigenvalue weighted by Gasteiger charge is -2.45. The van der Waals surface area contributed by atoms with Crippen LogP contribution in [-0.4, -0.2) is 6.21 Å². The Kier molecular flexibility index (Phi) is 5.55. The van der Waals surface area contributed by atoms with Gasteiger partial charge in [-0.25, -0.2) is 0 Å². The smallest absolute Gasteiger partial charge is 0.0754 e. The summed E-state index contributed by atoms with van der Waals surface area (Å²) in [5.41, 5.74) is 13.7. The summed E-state index contributed by atoms with van der Waals surface area (Å²) in [7, 11) is 0. The molecule has 220 valence electrons. The van der Waals surface area contributed by atoms with Gasteiger partial charge in [-0.15, -0.1) is 11.3 Å². The van der Waals surface area contributed by atoms with E-state index in [1.54, 1.807) is 0 Å². The minimum atomic E-state index is -0.540. The molecule has 1 aliphatic carbocycles. The average molecular weight is 617 g/mol.